The number of carbonyl (C=O) groups excluding carboxylic acids is 2. The molecule has 28 heavy (non-hydrogen) atoms. The standard InChI is InChI=1S/C19H18BrClN2O4S/c1-2-26-15-8-11(7-14(20)18(15)27-9-16(22)24)19-23(17(25)10-28-19)13-5-3-12(21)4-6-13/h3-8,19H,2,9-10H2,1H3,(H2,22,24)/t19-/m1/s1. The largest absolute Gasteiger partial charge is 0.490 e. The highest BCUT2D eigenvalue weighted by Gasteiger charge is 2.35. The van der Waals surface area contributed by atoms with Crippen molar-refractivity contribution in [2.45, 2.75) is 12.3 Å². The second-order valence-corrected chi connectivity index (χ2v) is 8.28. The van der Waals surface area contributed by atoms with Gasteiger partial charge in [-0.15, -0.1) is 11.8 Å². The van der Waals surface area contributed by atoms with Crippen molar-refractivity contribution in [1.29, 1.82) is 0 Å². The molecule has 9 heteroatoms. The zero-order valence-corrected chi connectivity index (χ0v) is 18.1. The highest BCUT2D eigenvalue weighted by atomic mass is 79.9. The molecule has 2 aromatic carbocycles. The molecule has 2 N–H and O–H groups in total. The summed E-state index contributed by atoms with van der Waals surface area (Å²) in [6.07, 6.45) is 0. The number of rotatable bonds is 7. The van der Waals surface area contributed by atoms with E-state index in [1.807, 2.05) is 31.2 Å². The Morgan fingerprint density at radius 1 is 1.32 bits per heavy atom. The van der Waals surface area contributed by atoms with Crippen LogP contribution in [-0.4, -0.2) is 30.8 Å². The van der Waals surface area contributed by atoms with Gasteiger partial charge in [-0.05, 0) is 64.8 Å². The minimum absolute atomic E-state index is 0.0143. The SMILES string of the molecule is CCOc1cc([C@H]2SCC(=O)N2c2ccc(Cl)cc2)cc(Br)c1OCC(N)=O. The summed E-state index contributed by atoms with van der Waals surface area (Å²) < 4.78 is 11.8. The third-order valence-corrected chi connectivity index (χ3v) is 6.00. The second kappa shape index (κ2) is 9.07. The number of nitrogens with zero attached hydrogens (tertiary/aromatic N) is 1. The number of thioether (sulfide) groups is 1. The Bertz CT molecular complexity index is 894. The van der Waals surface area contributed by atoms with Gasteiger partial charge in [-0.2, -0.15) is 0 Å². The van der Waals surface area contributed by atoms with Gasteiger partial charge >= 0.3 is 0 Å². The van der Waals surface area contributed by atoms with Crippen molar-refractivity contribution in [2.75, 3.05) is 23.9 Å². The first-order valence-electron chi connectivity index (χ1n) is 8.47. The molecule has 2 aromatic rings. The quantitative estimate of drug-likeness (QED) is 0.637. The number of hydrogen-bond donors (Lipinski definition) is 1. The Morgan fingerprint density at radius 2 is 2.04 bits per heavy atom. The Morgan fingerprint density at radius 3 is 2.68 bits per heavy atom. The van der Waals surface area contributed by atoms with E-state index in [1.54, 1.807) is 17.0 Å². The van der Waals surface area contributed by atoms with Crippen LogP contribution in [0.15, 0.2) is 40.9 Å². The molecule has 0 bridgehead atoms. The van der Waals surface area contributed by atoms with Crippen LogP contribution in [0.25, 0.3) is 0 Å². The fourth-order valence-corrected chi connectivity index (χ4v) is 4.68. The molecule has 0 unspecified atom stereocenters. The van der Waals surface area contributed by atoms with Crippen LogP contribution >= 0.6 is 39.3 Å². The van der Waals surface area contributed by atoms with E-state index >= 15 is 0 Å². The van der Waals surface area contributed by atoms with Crippen LogP contribution < -0.4 is 20.1 Å². The lowest BCUT2D eigenvalue weighted by molar-refractivity contribution is -0.120. The molecule has 3 rings (SSSR count). The summed E-state index contributed by atoms with van der Waals surface area (Å²) in [4.78, 5) is 25.3. The normalized spacial score (nSPS) is 16.3. The van der Waals surface area contributed by atoms with Crippen LogP contribution in [0.5, 0.6) is 11.5 Å². The molecule has 0 aliphatic carbocycles. The molecule has 0 aromatic heterocycles. The smallest absolute Gasteiger partial charge is 0.255 e. The van der Waals surface area contributed by atoms with E-state index in [2.05, 4.69) is 15.9 Å². The molecular weight excluding hydrogens is 468 g/mol. The van der Waals surface area contributed by atoms with Crippen LogP contribution in [0.1, 0.15) is 17.9 Å². The van der Waals surface area contributed by atoms with Crippen LogP contribution in [0.3, 0.4) is 0 Å². The highest BCUT2D eigenvalue weighted by molar-refractivity contribution is 9.10. The number of halogens is 2. The molecule has 1 aliphatic heterocycles. The van der Waals surface area contributed by atoms with Gasteiger partial charge in [0.1, 0.15) is 5.37 Å². The third kappa shape index (κ3) is 4.56. The second-order valence-electron chi connectivity index (χ2n) is 5.92. The lowest BCUT2D eigenvalue weighted by Crippen LogP contribution is -2.27. The summed E-state index contributed by atoms with van der Waals surface area (Å²) in [5.41, 5.74) is 6.81. The minimum atomic E-state index is -0.579. The Kier molecular flexibility index (Phi) is 6.74. The predicted octanol–water partition coefficient (Wildman–Crippen LogP) is 4.14. The first-order valence-corrected chi connectivity index (χ1v) is 10.7. The molecule has 1 heterocycles. The van der Waals surface area contributed by atoms with E-state index in [9.17, 15) is 9.59 Å². The van der Waals surface area contributed by atoms with Gasteiger partial charge in [0.2, 0.25) is 5.91 Å². The van der Waals surface area contributed by atoms with Crippen molar-refractivity contribution >= 4 is 56.8 Å². The van der Waals surface area contributed by atoms with Gasteiger partial charge in [0.05, 0.1) is 16.8 Å². The summed E-state index contributed by atoms with van der Waals surface area (Å²) in [6, 6.07) is 10.8. The van der Waals surface area contributed by atoms with Gasteiger partial charge in [0.25, 0.3) is 5.91 Å². The number of nitrogens with two attached hydrogens (primary N) is 1. The van der Waals surface area contributed by atoms with E-state index in [1.165, 1.54) is 11.8 Å². The molecule has 2 amide bonds. The molecule has 6 nitrogen and oxygen atoms in total. The topological polar surface area (TPSA) is 81.9 Å². The van der Waals surface area contributed by atoms with E-state index in [-0.39, 0.29) is 17.9 Å². The number of primary amides is 1. The van der Waals surface area contributed by atoms with Crippen molar-refractivity contribution in [3.05, 3.63) is 51.5 Å². The van der Waals surface area contributed by atoms with Gasteiger partial charge in [0.15, 0.2) is 18.1 Å². The van der Waals surface area contributed by atoms with E-state index in [4.69, 9.17) is 26.8 Å². The maximum absolute atomic E-state index is 12.5. The molecule has 0 saturated carbocycles. The van der Waals surface area contributed by atoms with E-state index < -0.39 is 5.91 Å². The number of anilines is 1. The van der Waals surface area contributed by atoms with Crippen LogP contribution in [0.2, 0.25) is 5.02 Å². The fraction of sp³-hybridized carbons (Fsp3) is 0.263. The molecular formula is C19H18BrClN2O4S. The molecule has 0 spiro atoms. The van der Waals surface area contributed by atoms with Gasteiger partial charge in [-0.3, -0.25) is 14.5 Å². The zero-order valence-electron chi connectivity index (χ0n) is 15.0. The molecule has 1 saturated heterocycles. The van der Waals surface area contributed by atoms with Crippen molar-refractivity contribution in [3.8, 4) is 11.5 Å². The number of carbonyl (C=O) groups is 2. The number of ether oxygens (including phenoxy) is 2. The Labute approximate surface area is 180 Å². The van der Waals surface area contributed by atoms with Gasteiger partial charge < -0.3 is 15.2 Å². The Hall–Kier alpha value is -1.90. The van der Waals surface area contributed by atoms with Gasteiger partial charge in [-0.1, -0.05) is 11.6 Å². The summed E-state index contributed by atoms with van der Waals surface area (Å²) in [6.45, 7) is 2.01. The fourth-order valence-electron chi connectivity index (χ4n) is 2.83. The van der Waals surface area contributed by atoms with Gasteiger partial charge in [-0.25, -0.2) is 0 Å². The summed E-state index contributed by atoms with van der Waals surface area (Å²) >= 11 is 11.0. The van der Waals surface area contributed by atoms with Crippen LogP contribution in [0.4, 0.5) is 5.69 Å². The summed E-state index contributed by atoms with van der Waals surface area (Å²) in [7, 11) is 0. The zero-order chi connectivity index (χ0) is 20.3. The predicted molar refractivity (Wildman–Crippen MR) is 114 cm³/mol. The first-order chi connectivity index (χ1) is 13.4. The van der Waals surface area contributed by atoms with Crippen molar-refractivity contribution in [1.82, 2.24) is 0 Å². The van der Waals surface area contributed by atoms with E-state index in [0.717, 1.165) is 11.3 Å². The first kappa shape index (κ1) is 20.8. The van der Waals surface area contributed by atoms with Gasteiger partial charge in [0, 0.05) is 10.7 Å². The average Bonchev–Trinajstić information content (AvgIpc) is 3.03. The maximum Gasteiger partial charge on any atom is 0.255 e. The molecule has 1 fully saturated rings. The average molecular weight is 486 g/mol. The molecule has 0 radical (unpaired) electrons. The number of hydrogen-bond acceptors (Lipinski definition) is 5. The Balaban J connectivity index is 1.98. The summed E-state index contributed by atoms with van der Waals surface area (Å²) in [5, 5.41) is 0.381. The number of amides is 2. The van der Waals surface area contributed by atoms with Crippen molar-refractivity contribution in [3.63, 3.8) is 0 Å². The maximum atomic E-state index is 12.5. The molecule has 1 aliphatic rings. The number of benzene rings is 2. The third-order valence-electron chi connectivity index (χ3n) is 3.95. The summed E-state index contributed by atoms with van der Waals surface area (Å²) in [5.74, 6) is 0.681. The van der Waals surface area contributed by atoms with Crippen molar-refractivity contribution in [2.24, 2.45) is 5.73 Å². The lowest BCUT2D eigenvalue weighted by Gasteiger charge is -2.25. The van der Waals surface area contributed by atoms with Crippen molar-refractivity contribution < 1.29 is 19.1 Å². The molecule has 1 atom stereocenters. The monoisotopic (exact) mass is 484 g/mol. The van der Waals surface area contributed by atoms with Crippen LogP contribution in [-0.2, 0) is 9.59 Å². The highest BCUT2D eigenvalue weighted by Crippen LogP contribution is 2.46. The minimum Gasteiger partial charge on any atom is -0.490 e. The molecule has 148 valence electrons. The van der Waals surface area contributed by atoms with Crippen LogP contribution in [0, 0.1) is 0 Å². The van der Waals surface area contributed by atoms with E-state index in [0.29, 0.717) is 33.4 Å². The lowest BCUT2D eigenvalue weighted by atomic mass is 10.1.